The molecule has 3 aromatic carbocycles. The first-order valence-electron chi connectivity index (χ1n) is 12.7. The zero-order valence-corrected chi connectivity index (χ0v) is 22.5. The average molecular weight is 540 g/mol. The van der Waals surface area contributed by atoms with Crippen molar-refractivity contribution in [3.63, 3.8) is 0 Å². The van der Waals surface area contributed by atoms with Crippen molar-refractivity contribution in [1.82, 2.24) is 10.2 Å². The lowest BCUT2D eigenvalue weighted by Crippen LogP contribution is -2.53. The maximum atomic E-state index is 13.7. The molecule has 194 valence electrons. The molecule has 0 saturated heterocycles. The quantitative estimate of drug-likeness (QED) is 0.325. The van der Waals surface area contributed by atoms with E-state index in [4.69, 9.17) is 27.9 Å². The lowest BCUT2D eigenvalue weighted by atomic mass is 10.0. The molecular weight excluding hydrogens is 507 g/mol. The monoisotopic (exact) mass is 538 g/mol. The van der Waals surface area contributed by atoms with Crippen LogP contribution in [0.1, 0.15) is 42.4 Å². The van der Waals surface area contributed by atoms with Crippen LogP contribution in [0, 0.1) is 6.92 Å². The Kier molecular flexibility index (Phi) is 9.48. The summed E-state index contributed by atoms with van der Waals surface area (Å²) in [4.78, 5) is 29.0. The van der Waals surface area contributed by atoms with Crippen LogP contribution in [0.25, 0.3) is 0 Å². The normalized spacial score (nSPS) is 14.2. The van der Waals surface area contributed by atoms with Gasteiger partial charge in [-0.3, -0.25) is 9.59 Å². The number of hydrogen-bond acceptors (Lipinski definition) is 3. The first kappa shape index (κ1) is 27.0. The zero-order valence-electron chi connectivity index (χ0n) is 21.0. The van der Waals surface area contributed by atoms with E-state index < -0.39 is 6.04 Å². The van der Waals surface area contributed by atoms with Gasteiger partial charge < -0.3 is 15.0 Å². The number of halogens is 2. The van der Waals surface area contributed by atoms with E-state index in [1.807, 2.05) is 55.5 Å². The summed E-state index contributed by atoms with van der Waals surface area (Å²) >= 11 is 12.4. The molecule has 5 nitrogen and oxygen atoms in total. The first-order valence-corrected chi connectivity index (χ1v) is 13.4. The van der Waals surface area contributed by atoms with E-state index >= 15 is 0 Å². The Balaban J connectivity index is 1.61. The Bertz CT molecular complexity index is 1210. The number of aryl methyl sites for hydroxylation is 1. The smallest absolute Gasteiger partial charge is 0.261 e. The van der Waals surface area contributed by atoms with Crippen LogP contribution >= 0.6 is 23.2 Å². The summed E-state index contributed by atoms with van der Waals surface area (Å²) in [6, 6.07) is 21.8. The van der Waals surface area contributed by atoms with Crippen LogP contribution in [0.2, 0.25) is 10.0 Å². The molecule has 1 saturated carbocycles. The molecule has 7 heteroatoms. The first-order chi connectivity index (χ1) is 17.9. The van der Waals surface area contributed by atoms with Gasteiger partial charge in [-0.1, -0.05) is 78.5 Å². The molecule has 0 unspecified atom stereocenters. The molecule has 1 N–H and O–H groups in total. The summed E-state index contributed by atoms with van der Waals surface area (Å²) in [5.41, 5.74) is 2.68. The predicted molar refractivity (Wildman–Crippen MR) is 148 cm³/mol. The van der Waals surface area contributed by atoms with Crippen molar-refractivity contribution in [2.24, 2.45) is 0 Å². The number of ether oxygens (including phenoxy) is 1. The summed E-state index contributed by atoms with van der Waals surface area (Å²) in [6.07, 6.45) is 4.53. The molecule has 1 fully saturated rings. The Morgan fingerprint density at radius 2 is 1.70 bits per heavy atom. The molecule has 3 aromatic rings. The molecule has 1 aliphatic rings. The second-order valence-electron chi connectivity index (χ2n) is 9.55. The predicted octanol–water partition coefficient (Wildman–Crippen LogP) is 6.38. The van der Waals surface area contributed by atoms with Gasteiger partial charge in [0.25, 0.3) is 5.91 Å². The highest BCUT2D eigenvalue weighted by atomic mass is 35.5. The fourth-order valence-corrected chi connectivity index (χ4v) is 5.02. The van der Waals surface area contributed by atoms with Gasteiger partial charge in [0.1, 0.15) is 11.8 Å². The Hall–Kier alpha value is -3.02. The topological polar surface area (TPSA) is 58.6 Å². The molecule has 37 heavy (non-hydrogen) atoms. The summed E-state index contributed by atoms with van der Waals surface area (Å²) in [5, 5.41) is 4.41. The molecule has 0 aromatic heterocycles. The van der Waals surface area contributed by atoms with E-state index in [1.54, 1.807) is 29.2 Å². The molecule has 2 amide bonds. The van der Waals surface area contributed by atoms with E-state index in [2.05, 4.69) is 5.32 Å². The molecular formula is C30H32Cl2N2O3. The van der Waals surface area contributed by atoms with Crippen LogP contribution in [0.4, 0.5) is 0 Å². The molecule has 4 rings (SSSR count). The van der Waals surface area contributed by atoms with E-state index in [1.165, 1.54) is 0 Å². The SMILES string of the molecule is Cc1cc(OCC(=O)N(Cc2cccc(Cl)c2)[C@H](Cc2ccccc2)C(=O)NC2CCCC2)ccc1Cl. The number of amides is 2. The highest BCUT2D eigenvalue weighted by molar-refractivity contribution is 6.31. The molecule has 0 radical (unpaired) electrons. The minimum Gasteiger partial charge on any atom is -0.484 e. The Morgan fingerprint density at radius 3 is 2.41 bits per heavy atom. The Morgan fingerprint density at radius 1 is 0.973 bits per heavy atom. The van der Waals surface area contributed by atoms with Gasteiger partial charge >= 0.3 is 0 Å². The third-order valence-corrected chi connectivity index (χ3v) is 7.37. The van der Waals surface area contributed by atoms with E-state index in [0.29, 0.717) is 22.2 Å². The van der Waals surface area contributed by atoms with Crippen LogP contribution in [0.3, 0.4) is 0 Å². The van der Waals surface area contributed by atoms with Crippen LogP contribution in [-0.2, 0) is 22.6 Å². The van der Waals surface area contributed by atoms with E-state index in [-0.39, 0.29) is 31.0 Å². The van der Waals surface area contributed by atoms with Crippen molar-refractivity contribution >= 4 is 35.0 Å². The lowest BCUT2D eigenvalue weighted by Gasteiger charge is -2.32. The van der Waals surface area contributed by atoms with Crippen molar-refractivity contribution in [1.29, 1.82) is 0 Å². The van der Waals surface area contributed by atoms with Crippen LogP contribution < -0.4 is 10.1 Å². The lowest BCUT2D eigenvalue weighted by molar-refractivity contribution is -0.143. The van der Waals surface area contributed by atoms with Gasteiger partial charge in [-0.25, -0.2) is 0 Å². The van der Waals surface area contributed by atoms with Crippen LogP contribution in [0.5, 0.6) is 5.75 Å². The number of nitrogens with zero attached hydrogens (tertiary/aromatic N) is 1. The number of rotatable bonds is 10. The molecule has 0 heterocycles. The number of hydrogen-bond donors (Lipinski definition) is 1. The van der Waals surface area contributed by atoms with Crippen LogP contribution in [-0.4, -0.2) is 35.4 Å². The molecule has 1 atom stereocenters. The average Bonchev–Trinajstić information content (AvgIpc) is 3.40. The van der Waals surface area contributed by atoms with Crippen molar-refractivity contribution in [2.75, 3.05) is 6.61 Å². The molecule has 0 bridgehead atoms. The second-order valence-corrected chi connectivity index (χ2v) is 10.4. The molecule has 1 aliphatic carbocycles. The van der Waals surface area contributed by atoms with Crippen molar-refractivity contribution in [3.05, 3.63) is 99.5 Å². The standard InChI is InChI=1S/C30H32Cl2N2O3/c1-21-16-26(14-15-27(21)32)37-20-29(35)34(19-23-10-7-11-24(31)17-23)28(18-22-8-3-2-4-9-22)30(36)33-25-12-5-6-13-25/h2-4,7-11,14-17,25,28H,5-6,12-13,18-20H2,1H3,(H,33,36)/t28-/m1/s1. The van der Waals surface area contributed by atoms with Gasteiger partial charge in [0, 0.05) is 29.1 Å². The van der Waals surface area contributed by atoms with Gasteiger partial charge in [0.2, 0.25) is 5.91 Å². The maximum Gasteiger partial charge on any atom is 0.261 e. The minimum absolute atomic E-state index is 0.141. The van der Waals surface area contributed by atoms with E-state index in [9.17, 15) is 9.59 Å². The van der Waals surface area contributed by atoms with E-state index in [0.717, 1.165) is 42.4 Å². The van der Waals surface area contributed by atoms with Gasteiger partial charge in [-0.05, 0) is 66.8 Å². The van der Waals surface area contributed by atoms with Gasteiger partial charge in [0.15, 0.2) is 6.61 Å². The highest BCUT2D eigenvalue weighted by Crippen LogP contribution is 2.23. The second kappa shape index (κ2) is 13.0. The summed E-state index contributed by atoms with van der Waals surface area (Å²) in [7, 11) is 0. The summed E-state index contributed by atoms with van der Waals surface area (Å²) in [6.45, 7) is 1.91. The largest absolute Gasteiger partial charge is 0.484 e. The number of carbonyl (C=O) groups is 2. The Labute approximate surface area is 228 Å². The summed E-state index contributed by atoms with van der Waals surface area (Å²) in [5.74, 6) is 0.122. The van der Waals surface area contributed by atoms with Gasteiger partial charge in [0.05, 0.1) is 0 Å². The number of nitrogens with one attached hydrogen (secondary N) is 1. The van der Waals surface area contributed by atoms with Gasteiger partial charge in [-0.2, -0.15) is 0 Å². The van der Waals surface area contributed by atoms with Crippen molar-refractivity contribution < 1.29 is 14.3 Å². The number of carbonyl (C=O) groups excluding carboxylic acids is 2. The maximum absolute atomic E-state index is 13.7. The zero-order chi connectivity index (χ0) is 26.2. The fraction of sp³-hybridized carbons (Fsp3) is 0.333. The van der Waals surface area contributed by atoms with Crippen LogP contribution in [0.15, 0.2) is 72.8 Å². The highest BCUT2D eigenvalue weighted by Gasteiger charge is 2.32. The van der Waals surface area contributed by atoms with Crippen molar-refractivity contribution in [3.8, 4) is 5.75 Å². The third kappa shape index (κ3) is 7.73. The van der Waals surface area contributed by atoms with Gasteiger partial charge in [-0.15, -0.1) is 0 Å². The van der Waals surface area contributed by atoms with Crippen molar-refractivity contribution in [2.45, 2.75) is 57.7 Å². The number of benzene rings is 3. The molecule has 0 spiro atoms. The fourth-order valence-electron chi connectivity index (χ4n) is 4.69. The minimum atomic E-state index is -0.704. The summed E-state index contributed by atoms with van der Waals surface area (Å²) < 4.78 is 5.85. The third-order valence-electron chi connectivity index (χ3n) is 6.71. The molecule has 0 aliphatic heterocycles.